The molecular formula is C23H20ClN3O3S2. The minimum atomic E-state index is -0.572. The van der Waals surface area contributed by atoms with Crippen LogP contribution in [0.15, 0.2) is 76.3 Å². The summed E-state index contributed by atoms with van der Waals surface area (Å²) in [5.74, 6) is -1.25. The fraction of sp³-hybridized carbons (Fsp3) is 0.174. The molecule has 0 radical (unpaired) electrons. The molecule has 1 aliphatic heterocycles. The van der Waals surface area contributed by atoms with Crippen molar-refractivity contribution in [2.75, 3.05) is 17.7 Å². The predicted molar refractivity (Wildman–Crippen MR) is 129 cm³/mol. The van der Waals surface area contributed by atoms with Gasteiger partial charge in [-0.3, -0.25) is 4.79 Å². The number of thiophene rings is 1. The van der Waals surface area contributed by atoms with Crippen molar-refractivity contribution in [2.45, 2.75) is 12.8 Å². The SMILES string of the molecule is C=CCOC(=O)C1=C(C)NC(SCC(=O)Nc2cccc(Cl)c2)=C(C#N)[C@@H]1c1cccs1. The van der Waals surface area contributed by atoms with Crippen molar-refractivity contribution in [3.05, 3.63) is 86.2 Å². The first-order chi connectivity index (χ1) is 15.4. The summed E-state index contributed by atoms with van der Waals surface area (Å²) < 4.78 is 5.27. The lowest BCUT2D eigenvalue weighted by molar-refractivity contribution is -0.138. The summed E-state index contributed by atoms with van der Waals surface area (Å²) in [6, 6.07) is 12.8. The highest BCUT2D eigenvalue weighted by atomic mass is 35.5. The van der Waals surface area contributed by atoms with E-state index in [2.05, 4.69) is 23.3 Å². The number of thioether (sulfide) groups is 1. The molecule has 0 saturated carbocycles. The number of rotatable bonds is 8. The maximum atomic E-state index is 12.8. The molecule has 0 aliphatic carbocycles. The monoisotopic (exact) mass is 485 g/mol. The molecule has 0 unspecified atom stereocenters. The largest absolute Gasteiger partial charge is 0.458 e. The number of ether oxygens (including phenoxy) is 1. The topological polar surface area (TPSA) is 91.2 Å². The number of hydrogen-bond donors (Lipinski definition) is 2. The van der Waals surface area contributed by atoms with Crippen molar-refractivity contribution in [2.24, 2.45) is 0 Å². The Hall–Kier alpha value is -2.99. The van der Waals surface area contributed by atoms with Gasteiger partial charge in [-0.05, 0) is 36.6 Å². The van der Waals surface area contributed by atoms with E-state index in [9.17, 15) is 14.9 Å². The van der Waals surface area contributed by atoms with Crippen LogP contribution < -0.4 is 10.6 Å². The van der Waals surface area contributed by atoms with Crippen LogP contribution in [-0.4, -0.2) is 24.2 Å². The van der Waals surface area contributed by atoms with E-state index in [0.717, 1.165) is 4.88 Å². The van der Waals surface area contributed by atoms with Crippen LogP contribution in [0.5, 0.6) is 0 Å². The number of anilines is 1. The standard InChI is InChI=1S/C23H20ClN3O3S2/c1-3-9-30-23(29)20-14(2)26-22(17(12-25)21(20)18-8-5-10-31-18)32-13-19(28)27-16-7-4-6-15(24)11-16/h3-8,10-11,21,26H,1,9,13H2,2H3,(H,27,28)/t21-/m1/s1. The number of amides is 1. The zero-order valence-electron chi connectivity index (χ0n) is 17.2. The van der Waals surface area contributed by atoms with Crippen molar-refractivity contribution < 1.29 is 14.3 Å². The smallest absolute Gasteiger partial charge is 0.337 e. The van der Waals surface area contributed by atoms with Crippen molar-refractivity contribution in [1.82, 2.24) is 5.32 Å². The van der Waals surface area contributed by atoms with Crippen LogP contribution in [0.3, 0.4) is 0 Å². The third kappa shape index (κ3) is 5.62. The van der Waals surface area contributed by atoms with Crippen molar-refractivity contribution in [3.8, 4) is 6.07 Å². The number of nitrogens with one attached hydrogen (secondary N) is 2. The van der Waals surface area contributed by atoms with Crippen LogP contribution >= 0.6 is 34.7 Å². The molecule has 6 nitrogen and oxygen atoms in total. The van der Waals surface area contributed by atoms with E-state index >= 15 is 0 Å². The Kier molecular flexibility index (Phi) is 8.17. The highest BCUT2D eigenvalue weighted by Gasteiger charge is 2.36. The van der Waals surface area contributed by atoms with Gasteiger partial charge in [0.05, 0.1) is 33.9 Å². The predicted octanol–water partition coefficient (Wildman–Crippen LogP) is 5.20. The molecule has 0 bridgehead atoms. The van der Waals surface area contributed by atoms with E-state index in [4.69, 9.17) is 16.3 Å². The molecule has 164 valence electrons. The maximum Gasteiger partial charge on any atom is 0.337 e. The number of halogens is 1. The summed E-state index contributed by atoms with van der Waals surface area (Å²) in [6.07, 6.45) is 1.49. The lowest BCUT2D eigenvalue weighted by Gasteiger charge is -2.28. The second-order valence-electron chi connectivity index (χ2n) is 6.70. The van der Waals surface area contributed by atoms with E-state index < -0.39 is 11.9 Å². The molecule has 1 atom stereocenters. The van der Waals surface area contributed by atoms with Crippen LogP contribution in [0.2, 0.25) is 5.02 Å². The van der Waals surface area contributed by atoms with E-state index in [-0.39, 0.29) is 18.3 Å². The minimum Gasteiger partial charge on any atom is -0.458 e. The molecule has 0 spiro atoms. The molecule has 1 aliphatic rings. The van der Waals surface area contributed by atoms with Crippen LogP contribution in [0.1, 0.15) is 17.7 Å². The van der Waals surface area contributed by atoms with Crippen molar-refractivity contribution in [1.29, 1.82) is 5.26 Å². The second-order valence-corrected chi connectivity index (χ2v) is 9.10. The van der Waals surface area contributed by atoms with Gasteiger partial charge in [0.15, 0.2) is 0 Å². The molecule has 32 heavy (non-hydrogen) atoms. The first-order valence-electron chi connectivity index (χ1n) is 9.56. The molecule has 2 heterocycles. The number of esters is 1. The molecular weight excluding hydrogens is 466 g/mol. The van der Waals surface area contributed by atoms with Gasteiger partial charge in [-0.15, -0.1) is 11.3 Å². The average Bonchev–Trinajstić information content (AvgIpc) is 3.30. The lowest BCUT2D eigenvalue weighted by atomic mass is 9.87. The molecule has 3 rings (SSSR count). The van der Waals surface area contributed by atoms with Crippen LogP contribution in [-0.2, 0) is 14.3 Å². The first kappa shape index (κ1) is 23.7. The molecule has 9 heteroatoms. The summed E-state index contributed by atoms with van der Waals surface area (Å²) in [6.45, 7) is 5.40. The number of carbonyl (C=O) groups excluding carboxylic acids is 2. The number of carbonyl (C=O) groups is 2. The van der Waals surface area contributed by atoms with E-state index in [1.54, 1.807) is 31.2 Å². The Balaban J connectivity index is 1.84. The Labute approximate surface area is 199 Å². The Bertz CT molecular complexity index is 1130. The highest BCUT2D eigenvalue weighted by Crippen LogP contribution is 2.42. The molecule has 2 aromatic rings. The van der Waals surface area contributed by atoms with E-state index in [1.807, 2.05) is 17.5 Å². The third-order valence-corrected chi connectivity index (χ3v) is 6.67. The average molecular weight is 486 g/mol. The van der Waals surface area contributed by atoms with Crippen LogP contribution in [0.4, 0.5) is 5.69 Å². The van der Waals surface area contributed by atoms with Crippen molar-refractivity contribution >= 4 is 52.3 Å². The van der Waals surface area contributed by atoms with E-state index in [0.29, 0.717) is 32.6 Å². The molecule has 1 amide bonds. The van der Waals surface area contributed by atoms with Crippen molar-refractivity contribution in [3.63, 3.8) is 0 Å². The quantitative estimate of drug-likeness (QED) is 0.394. The van der Waals surface area contributed by atoms with Gasteiger partial charge in [0.2, 0.25) is 5.91 Å². The van der Waals surface area contributed by atoms with Gasteiger partial charge in [-0.1, -0.05) is 48.2 Å². The zero-order valence-corrected chi connectivity index (χ0v) is 19.6. The van der Waals surface area contributed by atoms with Gasteiger partial charge in [-0.25, -0.2) is 4.79 Å². The Morgan fingerprint density at radius 2 is 2.22 bits per heavy atom. The Morgan fingerprint density at radius 1 is 1.41 bits per heavy atom. The molecule has 2 N–H and O–H groups in total. The fourth-order valence-corrected chi connectivity index (χ4v) is 5.08. The summed E-state index contributed by atoms with van der Waals surface area (Å²) in [7, 11) is 0. The lowest BCUT2D eigenvalue weighted by Crippen LogP contribution is -2.29. The maximum absolute atomic E-state index is 12.8. The third-order valence-electron chi connectivity index (χ3n) is 4.48. The number of allylic oxidation sites excluding steroid dienone is 2. The molecule has 1 aromatic heterocycles. The normalized spacial score (nSPS) is 15.6. The minimum absolute atomic E-state index is 0.0701. The highest BCUT2D eigenvalue weighted by molar-refractivity contribution is 8.03. The Morgan fingerprint density at radius 3 is 2.88 bits per heavy atom. The zero-order chi connectivity index (χ0) is 23.1. The summed E-state index contributed by atoms with van der Waals surface area (Å²) in [5.41, 5.74) is 1.91. The van der Waals surface area contributed by atoms with Crippen LogP contribution in [0.25, 0.3) is 0 Å². The van der Waals surface area contributed by atoms with Gasteiger partial charge >= 0.3 is 5.97 Å². The number of dihydropyridines is 1. The number of hydrogen-bond acceptors (Lipinski definition) is 7. The van der Waals surface area contributed by atoms with Crippen LogP contribution in [0, 0.1) is 11.3 Å². The van der Waals surface area contributed by atoms with Gasteiger partial charge in [-0.2, -0.15) is 5.26 Å². The van der Waals surface area contributed by atoms with E-state index in [1.165, 1.54) is 29.2 Å². The molecule has 0 fully saturated rings. The summed E-state index contributed by atoms with van der Waals surface area (Å²) >= 11 is 8.61. The number of nitrogens with zero attached hydrogens (tertiary/aromatic N) is 1. The summed E-state index contributed by atoms with van der Waals surface area (Å²) in [4.78, 5) is 26.0. The number of nitriles is 1. The molecule has 0 saturated heterocycles. The number of benzene rings is 1. The van der Waals surface area contributed by atoms with Gasteiger partial charge in [0, 0.05) is 21.3 Å². The summed E-state index contributed by atoms with van der Waals surface area (Å²) in [5, 5.41) is 18.8. The van der Waals surface area contributed by atoms with Gasteiger partial charge < -0.3 is 15.4 Å². The molecule has 1 aromatic carbocycles. The second kappa shape index (κ2) is 11.0. The van der Waals surface area contributed by atoms with Gasteiger partial charge in [0.1, 0.15) is 6.61 Å². The fourth-order valence-electron chi connectivity index (χ4n) is 3.15. The first-order valence-corrected chi connectivity index (χ1v) is 11.8. The van der Waals surface area contributed by atoms with Gasteiger partial charge in [0.25, 0.3) is 0 Å².